The molecule has 0 radical (unpaired) electrons. The van der Waals surface area contributed by atoms with E-state index in [0.29, 0.717) is 5.75 Å². The molecule has 2 aromatic rings. The number of methoxy groups -OCH3 is 1. The summed E-state index contributed by atoms with van der Waals surface area (Å²) in [6.07, 6.45) is 0. The summed E-state index contributed by atoms with van der Waals surface area (Å²) in [4.78, 5) is 11.3. The Hall–Kier alpha value is -2.48. The van der Waals surface area contributed by atoms with Gasteiger partial charge in [0, 0.05) is 0 Å². The molecule has 0 aliphatic heterocycles. The predicted molar refractivity (Wildman–Crippen MR) is 81.7 cm³/mol. The molecule has 0 atom stereocenters. The van der Waals surface area contributed by atoms with Gasteiger partial charge in [-0.3, -0.25) is 0 Å². The van der Waals surface area contributed by atoms with Crippen molar-refractivity contribution in [1.29, 1.82) is 0 Å². The van der Waals surface area contributed by atoms with Gasteiger partial charge in [0.25, 0.3) is 0 Å². The first-order valence-corrected chi connectivity index (χ1v) is 8.31. The van der Waals surface area contributed by atoms with Crippen molar-refractivity contribution in [3.8, 4) is 5.75 Å². The molecule has 0 heterocycles. The van der Waals surface area contributed by atoms with Crippen LogP contribution in [0, 0.1) is 0 Å². The van der Waals surface area contributed by atoms with Crippen LogP contribution in [0.2, 0.25) is 0 Å². The minimum Gasteiger partial charge on any atom is -0.497 e. The van der Waals surface area contributed by atoms with Crippen molar-refractivity contribution in [2.24, 2.45) is 0 Å². The first kappa shape index (κ1) is 17.9. The molecular weight excluding hydrogens is 342 g/mol. The number of esters is 1. The molecule has 0 unspecified atom stereocenters. The van der Waals surface area contributed by atoms with Crippen molar-refractivity contribution in [2.45, 2.75) is 17.3 Å². The Balaban J connectivity index is 2.02. The quantitative estimate of drug-likeness (QED) is 0.744. The van der Waals surface area contributed by atoms with E-state index < -0.39 is 26.5 Å². The minimum atomic E-state index is -4.68. The monoisotopic (exact) mass is 356 g/mol. The zero-order valence-electron chi connectivity index (χ0n) is 12.6. The number of carbonyl (C=O) groups excluding carboxylic acids is 1. The lowest BCUT2D eigenvalue weighted by Gasteiger charge is -2.07. The van der Waals surface area contributed by atoms with Gasteiger partial charge in [-0.15, -0.1) is 0 Å². The lowest BCUT2D eigenvalue weighted by molar-refractivity contribution is 0.0472. The lowest BCUT2D eigenvalue weighted by atomic mass is 10.2. The normalized spacial score (nSPS) is 11.3. The number of sulfone groups is 1. The van der Waals surface area contributed by atoms with Crippen molar-refractivity contribution >= 4 is 15.8 Å². The van der Waals surface area contributed by atoms with Crippen LogP contribution in [0.5, 0.6) is 5.75 Å². The van der Waals surface area contributed by atoms with Crippen LogP contribution in [-0.2, 0) is 21.2 Å². The molecule has 2 aromatic carbocycles. The number of carbonyl (C=O) groups is 1. The Kier molecular flexibility index (Phi) is 5.50. The number of rotatable bonds is 6. The standard InChI is InChI=1S/C16H14F2O5S/c1-22-13-6-2-11(3-7-13)10-23-15(19)12-4-8-14(9-5-12)24(20,21)16(17)18/h2-9,16H,10H2,1H3. The summed E-state index contributed by atoms with van der Waals surface area (Å²) in [5, 5.41) is 0. The zero-order valence-corrected chi connectivity index (χ0v) is 13.4. The van der Waals surface area contributed by atoms with Gasteiger partial charge >= 0.3 is 11.7 Å². The number of benzene rings is 2. The summed E-state index contributed by atoms with van der Waals surface area (Å²) in [5.74, 6) is -3.53. The van der Waals surface area contributed by atoms with E-state index >= 15 is 0 Å². The first-order valence-electron chi connectivity index (χ1n) is 6.77. The van der Waals surface area contributed by atoms with Crippen molar-refractivity contribution < 1.29 is 31.5 Å². The van der Waals surface area contributed by atoms with Crippen LogP contribution in [0.4, 0.5) is 8.78 Å². The summed E-state index contributed by atoms with van der Waals surface area (Å²) < 4.78 is 57.6. The van der Waals surface area contributed by atoms with Crippen LogP contribution in [0.1, 0.15) is 15.9 Å². The Bertz CT molecular complexity index is 799. The third kappa shape index (κ3) is 4.08. The summed E-state index contributed by atoms with van der Waals surface area (Å²) in [6.45, 7) is 0.0138. The first-order chi connectivity index (χ1) is 11.3. The van der Waals surface area contributed by atoms with E-state index in [4.69, 9.17) is 9.47 Å². The Morgan fingerprint density at radius 1 is 1.04 bits per heavy atom. The maximum atomic E-state index is 12.4. The molecule has 0 spiro atoms. The Labute approximate surface area is 137 Å². The average molecular weight is 356 g/mol. The largest absolute Gasteiger partial charge is 0.497 e. The molecule has 0 fully saturated rings. The summed E-state index contributed by atoms with van der Waals surface area (Å²) in [7, 11) is -3.14. The van der Waals surface area contributed by atoms with Gasteiger partial charge in [-0.1, -0.05) is 12.1 Å². The maximum Gasteiger partial charge on any atom is 0.341 e. The van der Waals surface area contributed by atoms with Crippen LogP contribution in [-0.4, -0.2) is 27.3 Å². The SMILES string of the molecule is COc1ccc(COC(=O)c2ccc(S(=O)(=O)C(F)F)cc2)cc1. The molecule has 2 rings (SSSR count). The van der Waals surface area contributed by atoms with E-state index in [1.165, 1.54) is 7.11 Å². The predicted octanol–water partition coefficient (Wildman–Crippen LogP) is 3.05. The van der Waals surface area contributed by atoms with E-state index in [0.717, 1.165) is 29.8 Å². The maximum absolute atomic E-state index is 12.4. The minimum absolute atomic E-state index is 0.0138. The number of alkyl halides is 2. The van der Waals surface area contributed by atoms with Crippen LogP contribution < -0.4 is 4.74 Å². The van der Waals surface area contributed by atoms with E-state index in [1.807, 2.05) is 0 Å². The molecule has 0 aliphatic carbocycles. The third-order valence-electron chi connectivity index (χ3n) is 3.18. The van der Waals surface area contributed by atoms with Gasteiger partial charge in [-0.05, 0) is 42.0 Å². The van der Waals surface area contributed by atoms with Crippen molar-refractivity contribution in [3.63, 3.8) is 0 Å². The zero-order chi connectivity index (χ0) is 17.7. The van der Waals surface area contributed by atoms with Gasteiger partial charge in [-0.2, -0.15) is 8.78 Å². The third-order valence-corrected chi connectivity index (χ3v) is 4.58. The van der Waals surface area contributed by atoms with Crippen molar-refractivity contribution in [2.75, 3.05) is 7.11 Å². The van der Waals surface area contributed by atoms with Gasteiger partial charge in [-0.25, -0.2) is 13.2 Å². The number of halogens is 2. The molecule has 5 nitrogen and oxygen atoms in total. The molecule has 128 valence electrons. The van der Waals surface area contributed by atoms with E-state index in [9.17, 15) is 22.0 Å². The Morgan fingerprint density at radius 2 is 1.62 bits per heavy atom. The number of ether oxygens (including phenoxy) is 2. The molecule has 0 saturated heterocycles. The molecule has 0 aromatic heterocycles. The molecule has 8 heteroatoms. The van der Waals surface area contributed by atoms with Gasteiger partial charge in [0.1, 0.15) is 12.4 Å². The van der Waals surface area contributed by atoms with Crippen molar-refractivity contribution in [1.82, 2.24) is 0 Å². The average Bonchev–Trinajstić information content (AvgIpc) is 2.60. The van der Waals surface area contributed by atoms with Gasteiger partial charge < -0.3 is 9.47 Å². The molecular formula is C16H14F2O5S. The topological polar surface area (TPSA) is 69.7 Å². The second kappa shape index (κ2) is 7.39. The van der Waals surface area contributed by atoms with Crippen molar-refractivity contribution in [3.05, 3.63) is 59.7 Å². The van der Waals surface area contributed by atoms with Crippen LogP contribution in [0.25, 0.3) is 0 Å². The Morgan fingerprint density at radius 3 is 2.12 bits per heavy atom. The summed E-state index contributed by atoms with van der Waals surface area (Å²) >= 11 is 0. The second-order valence-electron chi connectivity index (χ2n) is 4.75. The molecule has 0 saturated carbocycles. The highest BCUT2D eigenvalue weighted by atomic mass is 32.2. The smallest absolute Gasteiger partial charge is 0.341 e. The highest BCUT2D eigenvalue weighted by Crippen LogP contribution is 2.19. The van der Waals surface area contributed by atoms with Gasteiger partial charge in [0.05, 0.1) is 17.6 Å². The summed E-state index contributed by atoms with van der Waals surface area (Å²) in [5.41, 5.74) is 0.803. The molecule has 0 aliphatic rings. The summed E-state index contributed by atoms with van der Waals surface area (Å²) in [6, 6.07) is 11.0. The molecule has 24 heavy (non-hydrogen) atoms. The van der Waals surface area contributed by atoms with Crippen LogP contribution in [0.15, 0.2) is 53.4 Å². The van der Waals surface area contributed by atoms with E-state index in [-0.39, 0.29) is 12.2 Å². The van der Waals surface area contributed by atoms with Crippen LogP contribution in [0.3, 0.4) is 0 Å². The molecule has 0 bridgehead atoms. The second-order valence-corrected chi connectivity index (χ2v) is 6.67. The molecule has 0 amide bonds. The molecule has 0 N–H and O–H groups in total. The number of hydrogen-bond donors (Lipinski definition) is 0. The van der Waals surface area contributed by atoms with Gasteiger partial charge in [0.2, 0.25) is 9.84 Å². The van der Waals surface area contributed by atoms with E-state index in [1.54, 1.807) is 24.3 Å². The fraction of sp³-hybridized carbons (Fsp3) is 0.188. The van der Waals surface area contributed by atoms with Crippen LogP contribution >= 0.6 is 0 Å². The van der Waals surface area contributed by atoms with Gasteiger partial charge in [0.15, 0.2) is 0 Å². The lowest BCUT2D eigenvalue weighted by Crippen LogP contribution is -2.12. The number of hydrogen-bond acceptors (Lipinski definition) is 5. The highest BCUT2D eigenvalue weighted by molar-refractivity contribution is 7.91. The fourth-order valence-electron chi connectivity index (χ4n) is 1.84. The van der Waals surface area contributed by atoms with E-state index in [2.05, 4.69) is 0 Å². The highest BCUT2D eigenvalue weighted by Gasteiger charge is 2.26. The fourth-order valence-corrected chi connectivity index (χ4v) is 2.56.